The molecule has 1 fully saturated rings. The van der Waals surface area contributed by atoms with Crippen molar-refractivity contribution >= 4 is 27.5 Å². The van der Waals surface area contributed by atoms with Gasteiger partial charge >= 0.3 is 0 Å². The van der Waals surface area contributed by atoms with Crippen LogP contribution in [-0.2, 0) is 4.79 Å². The first kappa shape index (κ1) is 22.9. The maximum absolute atomic E-state index is 14.3. The van der Waals surface area contributed by atoms with Crippen molar-refractivity contribution in [3.8, 4) is 0 Å². The second kappa shape index (κ2) is 8.25. The maximum atomic E-state index is 14.3. The van der Waals surface area contributed by atoms with Crippen molar-refractivity contribution in [3.63, 3.8) is 0 Å². The van der Waals surface area contributed by atoms with Gasteiger partial charge < -0.3 is 15.1 Å². The summed E-state index contributed by atoms with van der Waals surface area (Å²) in [6.07, 6.45) is -1.87. The number of rotatable bonds is 3. The Morgan fingerprint density at radius 1 is 0.667 bits per heavy atom. The minimum Gasteiger partial charge on any atom is -0.386 e. The molecule has 0 radical (unpaired) electrons. The minimum atomic E-state index is -0.984. The van der Waals surface area contributed by atoms with Crippen molar-refractivity contribution in [3.05, 3.63) is 131 Å². The molecule has 5 aromatic carbocycles. The number of hydrogen-bond donors (Lipinski definition) is 2. The number of nitrogens with zero attached hydrogens (tertiary/aromatic N) is 1. The Bertz CT molecular complexity index is 1690. The number of carbonyl (C=O) groups excluding carboxylic acids is 1. The monoisotopic (exact) mass is 511 g/mol. The summed E-state index contributed by atoms with van der Waals surface area (Å²) in [6.45, 7) is 1.85. The molecule has 4 aliphatic rings. The predicted octanol–water partition coefficient (Wildman–Crippen LogP) is 6.10. The van der Waals surface area contributed by atoms with Gasteiger partial charge in [0.15, 0.2) is 0 Å². The van der Waals surface area contributed by atoms with Crippen molar-refractivity contribution in [2.75, 3.05) is 0 Å². The molecule has 39 heavy (non-hydrogen) atoms. The molecule has 4 nitrogen and oxygen atoms in total. The summed E-state index contributed by atoms with van der Waals surface area (Å²) >= 11 is 0. The maximum Gasteiger partial charge on any atom is 0.229 e. The molecule has 5 atom stereocenters. The molecule has 1 heterocycles. The van der Waals surface area contributed by atoms with E-state index in [1.54, 1.807) is 4.90 Å². The van der Waals surface area contributed by atoms with Gasteiger partial charge in [0.1, 0.15) is 6.23 Å². The van der Waals surface area contributed by atoms with E-state index >= 15 is 0 Å². The molecular weight excluding hydrogens is 482 g/mol. The fourth-order valence-electron chi connectivity index (χ4n) is 7.87. The Kier molecular flexibility index (Phi) is 4.86. The molecular formula is C35H29NO3. The van der Waals surface area contributed by atoms with Gasteiger partial charge in [-0.1, -0.05) is 103 Å². The second-order valence-corrected chi connectivity index (χ2v) is 11.5. The van der Waals surface area contributed by atoms with Crippen molar-refractivity contribution < 1.29 is 15.0 Å². The third-order valence-corrected chi connectivity index (χ3v) is 9.61. The number of amides is 1. The smallest absolute Gasteiger partial charge is 0.229 e. The zero-order valence-electron chi connectivity index (χ0n) is 21.6. The lowest BCUT2D eigenvalue weighted by molar-refractivity contribution is -0.142. The Morgan fingerprint density at radius 2 is 1.10 bits per heavy atom. The van der Waals surface area contributed by atoms with E-state index in [2.05, 4.69) is 72.8 Å². The van der Waals surface area contributed by atoms with Crippen LogP contribution in [0.15, 0.2) is 103 Å². The van der Waals surface area contributed by atoms with E-state index in [0.717, 1.165) is 5.56 Å². The van der Waals surface area contributed by atoms with E-state index in [0.29, 0.717) is 0 Å². The van der Waals surface area contributed by atoms with Crippen LogP contribution in [0, 0.1) is 11.8 Å². The highest BCUT2D eigenvalue weighted by Crippen LogP contribution is 2.63. The number of hydrogen-bond acceptors (Lipinski definition) is 3. The average molecular weight is 512 g/mol. The SMILES string of the molecule is C[C@@H]([C@H](O)c1ccccc1)N1C(=O)[C@@H]2C3c4cc5ccccc5cc4C(c4cc5ccccc5cc43)[C@@H]2[C@H]1O. The summed E-state index contributed by atoms with van der Waals surface area (Å²) in [4.78, 5) is 15.9. The standard InChI is InChI=1S/C35H29NO3/c1-19(33(37)20-9-3-2-4-10-20)36-34(38)31-29-25-15-21-11-5-6-12-22(21)16-26(25)30(32(31)35(36)39)28-18-24-14-8-7-13-23(24)17-27(28)29/h2-19,29-34,37-38H,1H3/t19-,29?,30?,31-,32+,33-,34+/m0/s1. The van der Waals surface area contributed by atoms with Gasteiger partial charge in [-0.25, -0.2) is 0 Å². The number of aliphatic hydroxyl groups is 2. The van der Waals surface area contributed by atoms with Crippen LogP contribution in [0.3, 0.4) is 0 Å². The third-order valence-electron chi connectivity index (χ3n) is 9.61. The van der Waals surface area contributed by atoms with Crippen molar-refractivity contribution in [2.24, 2.45) is 11.8 Å². The Hall–Kier alpha value is -3.99. The second-order valence-electron chi connectivity index (χ2n) is 11.5. The van der Waals surface area contributed by atoms with Crippen LogP contribution in [0.1, 0.15) is 52.7 Å². The summed E-state index contributed by atoms with van der Waals surface area (Å²) in [6, 6.07) is 34.7. The lowest BCUT2D eigenvalue weighted by atomic mass is 9.54. The van der Waals surface area contributed by atoms with Gasteiger partial charge in [0, 0.05) is 17.8 Å². The summed E-state index contributed by atoms with van der Waals surface area (Å²) < 4.78 is 0. The summed E-state index contributed by atoms with van der Waals surface area (Å²) in [5.41, 5.74) is 5.56. The van der Waals surface area contributed by atoms with Crippen LogP contribution in [0.2, 0.25) is 0 Å². The lowest BCUT2D eigenvalue weighted by Crippen LogP contribution is -2.45. The van der Waals surface area contributed by atoms with Gasteiger partial charge in [0.05, 0.1) is 18.1 Å². The van der Waals surface area contributed by atoms with Crippen LogP contribution in [0.25, 0.3) is 21.5 Å². The molecule has 0 aromatic heterocycles. The zero-order valence-corrected chi connectivity index (χ0v) is 21.6. The van der Waals surface area contributed by atoms with Gasteiger partial charge in [-0.05, 0) is 56.3 Å². The van der Waals surface area contributed by atoms with E-state index in [1.165, 1.54) is 43.8 Å². The van der Waals surface area contributed by atoms with Gasteiger partial charge in [-0.2, -0.15) is 0 Å². The highest BCUT2D eigenvalue weighted by molar-refractivity contribution is 5.92. The number of benzene rings is 5. The van der Waals surface area contributed by atoms with E-state index in [4.69, 9.17) is 0 Å². The highest BCUT2D eigenvalue weighted by Gasteiger charge is 2.62. The normalized spacial score (nSPS) is 26.4. The van der Waals surface area contributed by atoms with Gasteiger partial charge in [-0.15, -0.1) is 0 Å². The number of aliphatic hydroxyl groups excluding tert-OH is 2. The van der Waals surface area contributed by atoms with Gasteiger partial charge in [0.2, 0.25) is 5.91 Å². The topological polar surface area (TPSA) is 60.8 Å². The van der Waals surface area contributed by atoms with E-state index in [1.807, 2.05) is 37.3 Å². The highest BCUT2D eigenvalue weighted by atomic mass is 16.3. The first-order chi connectivity index (χ1) is 19.0. The summed E-state index contributed by atoms with van der Waals surface area (Å²) in [5, 5.41) is 27.9. The Balaban J connectivity index is 1.32. The van der Waals surface area contributed by atoms with E-state index in [9.17, 15) is 15.0 Å². The quantitative estimate of drug-likeness (QED) is 0.308. The van der Waals surface area contributed by atoms with Crippen molar-refractivity contribution in [2.45, 2.75) is 37.1 Å². The van der Waals surface area contributed by atoms with Crippen LogP contribution < -0.4 is 0 Å². The molecule has 0 unspecified atom stereocenters. The Labute approximate surface area is 227 Å². The Morgan fingerprint density at radius 3 is 1.59 bits per heavy atom. The molecule has 5 aromatic rings. The summed E-state index contributed by atoms with van der Waals surface area (Å²) in [7, 11) is 0. The van der Waals surface area contributed by atoms with Crippen molar-refractivity contribution in [1.29, 1.82) is 0 Å². The van der Waals surface area contributed by atoms with Gasteiger partial charge in [0.25, 0.3) is 0 Å². The number of carbonyl (C=O) groups is 1. The van der Waals surface area contributed by atoms with Crippen LogP contribution >= 0.6 is 0 Å². The van der Waals surface area contributed by atoms with E-state index < -0.39 is 18.4 Å². The summed E-state index contributed by atoms with van der Waals surface area (Å²) in [5.74, 6) is -0.979. The molecule has 1 amide bonds. The van der Waals surface area contributed by atoms with E-state index in [-0.39, 0.29) is 29.6 Å². The van der Waals surface area contributed by atoms with Crippen molar-refractivity contribution in [1.82, 2.24) is 4.90 Å². The fourth-order valence-corrected chi connectivity index (χ4v) is 7.87. The average Bonchev–Trinajstić information content (AvgIpc) is 3.24. The molecule has 3 aliphatic carbocycles. The van der Waals surface area contributed by atoms with Crippen LogP contribution in [0.4, 0.5) is 0 Å². The molecule has 2 N–H and O–H groups in total. The van der Waals surface area contributed by atoms with Gasteiger partial charge in [-0.3, -0.25) is 4.79 Å². The first-order valence-corrected chi connectivity index (χ1v) is 13.8. The minimum absolute atomic E-state index is 0.0670. The molecule has 2 bridgehead atoms. The molecule has 9 rings (SSSR count). The molecule has 192 valence electrons. The molecule has 4 heteroatoms. The predicted molar refractivity (Wildman–Crippen MR) is 152 cm³/mol. The fraction of sp³-hybridized carbons (Fsp3) is 0.229. The molecule has 1 saturated heterocycles. The molecule has 1 aliphatic heterocycles. The largest absolute Gasteiger partial charge is 0.386 e. The number of fused-ring (bicyclic) bond motifs is 2. The van der Waals surface area contributed by atoms with Crippen LogP contribution in [-0.4, -0.2) is 33.3 Å². The molecule has 0 saturated carbocycles. The first-order valence-electron chi connectivity index (χ1n) is 13.8. The zero-order chi connectivity index (χ0) is 26.4. The number of likely N-dealkylation sites (tertiary alicyclic amines) is 1. The third kappa shape index (κ3) is 3.10. The molecule has 0 spiro atoms. The lowest BCUT2D eigenvalue weighted by Gasteiger charge is -2.48. The van der Waals surface area contributed by atoms with Crippen LogP contribution in [0.5, 0.6) is 0 Å².